The molecule has 2 aromatic rings. The highest BCUT2D eigenvalue weighted by molar-refractivity contribution is 6.05. The van der Waals surface area contributed by atoms with Crippen molar-refractivity contribution in [3.8, 4) is 0 Å². The SMILES string of the molecule is Cc1cncc(C2Cc3ccccc3C2=O)c1. The van der Waals surface area contributed by atoms with Crippen molar-refractivity contribution in [3.63, 3.8) is 0 Å². The van der Waals surface area contributed by atoms with Gasteiger partial charge < -0.3 is 0 Å². The Hall–Kier alpha value is -1.96. The maximum absolute atomic E-state index is 12.3. The summed E-state index contributed by atoms with van der Waals surface area (Å²) in [5.41, 5.74) is 4.17. The molecule has 0 fully saturated rings. The first-order valence-corrected chi connectivity index (χ1v) is 5.79. The fourth-order valence-electron chi connectivity index (χ4n) is 2.48. The summed E-state index contributed by atoms with van der Waals surface area (Å²) in [5.74, 6) is 0.188. The summed E-state index contributed by atoms with van der Waals surface area (Å²) in [6, 6.07) is 9.93. The molecule has 1 atom stereocenters. The number of fused-ring (bicyclic) bond motifs is 1. The van der Waals surface area contributed by atoms with Gasteiger partial charge in [0, 0.05) is 18.0 Å². The number of pyridine rings is 1. The van der Waals surface area contributed by atoms with Crippen molar-refractivity contribution in [2.24, 2.45) is 0 Å². The third kappa shape index (κ3) is 1.66. The number of hydrogen-bond donors (Lipinski definition) is 0. The molecular formula is C15H13NO. The predicted octanol–water partition coefficient (Wildman–Crippen LogP) is 2.91. The Bertz CT molecular complexity index is 589. The van der Waals surface area contributed by atoms with Crippen LogP contribution in [0.15, 0.2) is 42.7 Å². The number of ketones is 1. The van der Waals surface area contributed by atoms with Gasteiger partial charge in [0.05, 0.1) is 5.92 Å². The van der Waals surface area contributed by atoms with Crippen molar-refractivity contribution in [2.75, 3.05) is 0 Å². The molecule has 1 aromatic heterocycles. The highest BCUT2D eigenvalue weighted by Gasteiger charge is 2.31. The second kappa shape index (κ2) is 3.81. The minimum atomic E-state index is -0.0419. The van der Waals surface area contributed by atoms with Crippen LogP contribution in [0.2, 0.25) is 0 Å². The van der Waals surface area contributed by atoms with Gasteiger partial charge in [0.25, 0.3) is 0 Å². The smallest absolute Gasteiger partial charge is 0.170 e. The summed E-state index contributed by atoms with van der Waals surface area (Å²) in [6.45, 7) is 2.00. The van der Waals surface area contributed by atoms with Crippen molar-refractivity contribution in [2.45, 2.75) is 19.3 Å². The van der Waals surface area contributed by atoms with E-state index in [1.165, 1.54) is 0 Å². The average Bonchev–Trinajstić information content (AvgIpc) is 2.68. The number of rotatable bonds is 1. The van der Waals surface area contributed by atoms with E-state index in [2.05, 4.69) is 11.1 Å². The van der Waals surface area contributed by atoms with Gasteiger partial charge in [0.2, 0.25) is 0 Å². The van der Waals surface area contributed by atoms with Gasteiger partial charge in [0.1, 0.15) is 0 Å². The lowest BCUT2D eigenvalue weighted by Gasteiger charge is -2.08. The highest BCUT2D eigenvalue weighted by atomic mass is 16.1. The van der Waals surface area contributed by atoms with Gasteiger partial charge in [0.15, 0.2) is 5.78 Å². The molecule has 0 radical (unpaired) electrons. The van der Waals surface area contributed by atoms with E-state index >= 15 is 0 Å². The Morgan fingerprint density at radius 2 is 2.06 bits per heavy atom. The van der Waals surface area contributed by atoms with Gasteiger partial charge in [-0.1, -0.05) is 30.3 Å². The summed E-state index contributed by atoms with van der Waals surface area (Å²) in [5, 5.41) is 0. The summed E-state index contributed by atoms with van der Waals surface area (Å²) in [6.07, 6.45) is 4.43. The summed E-state index contributed by atoms with van der Waals surface area (Å²) >= 11 is 0. The van der Waals surface area contributed by atoms with E-state index in [0.717, 1.165) is 28.7 Å². The fourth-order valence-corrected chi connectivity index (χ4v) is 2.48. The van der Waals surface area contributed by atoms with Crippen LogP contribution in [-0.4, -0.2) is 10.8 Å². The Labute approximate surface area is 100 Å². The topological polar surface area (TPSA) is 30.0 Å². The van der Waals surface area contributed by atoms with Gasteiger partial charge in [-0.25, -0.2) is 0 Å². The lowest BCUT2D eigenvalue weighted by molar-refractivity contribution is 0.0972. The van der Waals surface area contributed by atoms with Gasteiger partial charge in [-0.05, 0) is 30.0 Å². The van der Waals surface area contributed by atoms with E-state index in [-0.39, 0.29) is 11.7 Å². The normalized spacial score (nSPS) is 18.2. The zero-order chi connectivity index (χ0) is 11.8. The van der Waals surface area contributed by atoms with E-state index in [4.69, 9.17) is 0 Å². The molecule has 0 aliphatic heterocycles. The highest BCUT2D eigenvalue weighted by Crippen LogP contribution is 2.33. The number of carbonyl (C=O) groups excluding carboxylic acids is 1. The van der Waals surface area contributed by atoms with Crippen LogP contribution >= 0.6 is 0 Å². The van der Waals surface area contributed by atoms with Crippen LogP contribution in [0, 0.1) is 6.92 Å². The zero-order valence-electron chi connectivity index (χ0n) is 9.68. The molecule has 0 spiro atoms. The molecule has 1 aromatic carbocycles. The lowest BCUT2D eigenvalue weighted by Crippen LogP contribution is -2.07. The Morgan fingerprint density at radius 1 is 1.24 bits per heavy atom. The molecule has 0 amide bonds. The molecule has 0 saturated heterocycles. The first-order valence-electron chi connectivity index (χ1n) is 5.79. The molecule has 2 nitrogen and oxygen atoms in total. The van der Waals surface area contributed by atoms with Crippen molar-refractivity contribution in [1.29, 1.82) is 0 Å². The minimum absolute atomic E-state index is 0.0419. The number of nitrogens with zero attached hydrogens (tertiary/aromatic N) is 1. The van der Waals surface area contributed by atoms with E-state index in [9.17, 15) is 4.79 Å². The molecule has 1 aliphatic rings. The van der Waals surface area contributed by atoms with E-state index in [1.54, 1.807) is 6.20 Å². The molecule has 84 valence electrons. The van der Waals surface area contributed by atoms with E-state index < -0.39 is 0 Å². The Morgan fingerprint density at radius 3 is 2.82 bits per heavy atom. The number of Topliss-reactive ketones (excluding diaryl/α,β-unsaturated/α-hetero) is 1. The first kappa shape index (κ1) is 10.2. The number of carbonyl (C=O) groups is 1. The Balaban J connectivity index is 2.02. The van der Waals surface area contributed by atoms with E-state index in [1.807, 2.05) is 37.4 Å². The summed E-state index contributed by atoms with van der Waals surface area (Å²) in [7, 11) is 0. The van der Waals surface area contributed by atoms with Crippen molar-refractivity contribution in [3.05, 3.63) is 65.0 Å². The molecular weight excluding hydrogens is 210 g/mol. The van der Waals surface area contributed by atoms with E-state index in [0.29, 0.717) is 0 Å². The Kier molecular flexibility index (Phi) is 2.29. The molecule has 0 saturated carbocycles. The molecule has 1 aliphatic carbocycles. The van der Waals surface area contributed by atoms with Crippen LogP contribution in [0.4, 0.5) is 0 Å². The molecule has 17 heavy (non-hydrogen) atoms. The third-order valence-corrected chi connectivity index (χ3v) is 3.32. The molecule has 1 unspecified atom stereocenters. The summed E-state index contributed by atoms with van der Waals surface area (Å²) < 4.78 is 0. The van der Waals surface area contributed by atoms with Crippen LogP contribution in [0.3, 0.4) is 0 Å². The van der Waals surface area contributed by atoms with Crippen molar-refractivity contribution < 1.29 is 4.79 Å². The second-order valence-electron chi connectivity index (χ2n) is 4.57. The van der Waals surface area contributed by atoms with Gasteiger partial charge in [-0.15, -0.1) is 0 Å². The quantitative estimate of drug-likeness (QED) is 0.744. The van der Waals surface area contributed by atoms with Gasteiger partial charge >= 0.3 is 0 Å². The van der Waals surface area contributed by atoms with Gasteiger partial charge in [-0.3, -0.25) is 9.78 Å². The van der Waals surface area contributed by atoms with Crippen LogP contribution in [0.5, 0.6) is 0 Å². The largest absolute Gasteiger partial charge is 0.293 e. The van der Waals surface area contributed by atoms with Crippen LogP contribution < -0.4 is 0 Å². The standard InChI is InChI=1S/C15H13NO/c1-10-6-12(9-16-8-10)14-7-11-4-2-3-5-13(11)15(14)17/h2-6,8-9,14H,7H2,1H3. The number of benzene rings is 1. The summed E-state index contributed by atoms with van der Waals surface area (Å²) in [4.78, 5) is 16.5. The van der Waals surface area contributed by atoms with Crippen molar-refractivity contribution >= 4 is 5.78 Å². The lowest BCUT2D eigenvalue weighted by atomic mass is 9.96. The predicted molar refractivity (Wildman–Crippen MR) is 66.2 cm³/mol. The number of aromatic nitrogens is 1. The average molecular weight is 223 g/mol. The second-order valence-corrected chi connectivity index (χ2v) is 4.57. The van der Waals surface area contributed by atoms with Crippen LogP contribution in [0.25, 0.3) is 0 Å². The molecule has 0 bridgehead atoms. The number of hydrogen-bond acceptors (Lipinski definition) is 2. The minimum Gasteiger partial charge on any atom is -0.293 e. The maximum Gasteiger partial charge on any atom is 0.170 e. The third-order valence-electron chi connectivity index (χ3n) is 3.32. The molecule has 2 heteroatoms. The monoisotopic (exact) mass is 223 g/mol. The van der Waals surface area contributed by atoms with Crippen LogP contribution in [0.1, 0.15) is 33.0 Å². The maximum atomic E-state index is 12.3. The molecule has 1 heterocycles. The first-order chi connectivity index (χ1) is 8.25. The molecule has 3 rings (SSSR count). The zero-order valence-corrected chi connectivity index (χ0v) is 9.68. The fraction of sp³-hybridized carbons (Fsp3) is 0.200. The van der Waals surface area contributed by atoms with Crippen LogP contribution in [-0.2, 0) is 6.42 Å². The number of aryl methyl sites for hydroxylation is 1. The van der Waals surface area contributed by atoms with Crippen molar-refractivity contribution in [1.82, 2.24) is 4.98 Å². The molecule has 0 N–H and O–H groups in total. The van der Waals surface area contributed by atoms with Gasteiger partial charge in [-0.2, -0.15) is 0 Å².